The van der Waals surface area contributed by atoms with Crippen molar-refractivity contribution in [2.24, 2.45) is 0 Å². The second-order valence-corrected chi connectivity index (χ2v) is 5.28. The van der Waals surface area contributed by atoms with E-state index in [0.717, 1.165) is 45.0 Å². The Kier molecular flexibility index (Phi) is 3.32. The maximum absolute atomic E-state index is 5.77. The summed E-state index contributed by atoms with van der Waals surface area (Å²) in [6.07, 6.45) is 1.95. The number of nitrogens with zero attached hydrogens (tertiary/aromatic N) is 2. The summed E-state index contributed by atoms with van der Waals surface area (Å²) >= 11 is 0. The van der Waals surface area contributed by atoms with Gasteiger partial charge in [0.2, 0.25) is 0 Å². The normalized spacial score (nSPS) is 23.8. The van der Waals surface area contributed by atoms with Crippen LogP contribution >= 0.6 is 0 Å². The first-order valence-electron chi connectivity index (χ1n) is 6.50. The largest absolute Gasteiger partial charge is 0.381 e. The Bertz CT molecular complexity index is 397. The molecule has 3 rings (SSSR count). The second-order valence-electron chi connectivity index (χ2n) is 5.28. The van der Waals surface area contributed by atoms with Crippen LogP contribution in [0.4, 0.5) is 0 Å². The van der Waals surface area contributed by atoms with Crippen molar-refractivity contribution in [3.63, 3.8) is 0 Å². The molecule has 1 aromatic rings. The molecule has 1 aromatic heterocycles. The molecule has 0 amide bonds. The van der Waals surface area contributed by atoms with Crippen LogP contribution in [0.25, 0.3) is 0 Å². The fraction of sp³-hybridized carbons (Fsp3) is 0.833. The molecule has 100 valence electrons. The maximum Gasteiger partial charge on any atom is 0.252 e. The molecule has 0 saturated carbocycles. The van der Waals surface area contributed by atoms with E-state index in [0.29, 0.717) is 18.4 Å². The van der Waals surface area contributed by atoms with Crippen LogP contribution in [0, 0.1) is 0 Å². The van der Waals surface area contributed by atoms with Crippen LogP contribution in [0.3, 0.4) is 0 Å². The quantitative estimate of drug-likeness (QED) is 0.857. The zero-order chi connectivity index (χ0) is 12.4. The van der Waals surface area contributed by atoms with Gasteiger partial charge in [0.1, 0.15) is 6.61 Å². The lowest BCUT2D eigenvalue weighted by Gasteiger charge is -2.38. The van der Waals surface area contributed by atoms with Crippen LogP contribution in [0.15, 0.2) is 4.52 Å². The van der Waals surface area contributed by atoms with Crippen molar-refractivity contribution in [3.8, 4) is 0 Å². The summed E-state index contributed by atoms with van der Waals surface area (Å²) in [7, 11) is 0. The summed E-state index contributed by atoms with van der Waals surface area (Å²) in [6.45, 7) is 5.82. The Hall–Kier alpha value is -0.980. The van der Waals surface area contributed by atoms with Crippen LogP contribution in [0.5, 0.6) is 0 Å². The van der Waals surface area contributed by atoms with E-state index in [-0.39, 0.29) is 5.60 Å². The van der Waals surface area contributed by atoms with Crippen molar-refractivity contribution in [1.29, 1.82) is 0 Å². The van der Waals surface area contributed by atoms with E-state index < -0.39 is 0 Å². The first kappa shape index (κ1) is 12.1. The van der Waals surface area contributed by atoms with Crippen LogP contribution in [0.1, 0.15) is 37.4 Å². The summed E-state index contributed by atoms with van der Waals surface area (Å²) in [4.78, 5) is 4.42. The van der Waals surface area contributed by atoms with Gasteiger partial charge in [-0.05, 0) is 19.8 Å². The molecular weight excluding hydrogens is 234 g/mol. The molecule has 6 heteroatoms. The lowest BCUT2D eigenvalue weighted by Crippen LogP contribution is -2.58. The van der Waals surface area contributed by atoms with Gasteiger partial charge in [0.15, 0.2) is 5.82 Å². The van der Waals surface area contributed by atoms with E-state index in [9.17, 15) is 0 Å². The molecule has 18 heavy (non-hydrogen) atoms. The predicted molar refractivity (Wildman–Crippen MR) is 63.2 cm³/mol. The van der Waals surface area contributed by atoms with Gasteiger partial charge in [-0.2, -0.15) is 4.98 Å². The van der Waals surface area contributed by atoms with Gasteiger partial charge in [0, 0.05) is 32.2 Å². The molecule has 3 heterocycles. The zero-order valence-electron chi connectivity index (χ0n) is 10.6. The highest BCUT2D eigenvalue weighted by atomic mass is 16.5. The molecule has 6 nitrogen and oxygen atoms in total. The molecule has 0 spiro atoms. The molecule has 0 unspecified atom stereocenters. The van der Waals surface area contributed by atoms with Gasteiger partial charge in [0.25, 0.3) is 5.89 Å². The third-order valence-electron chi connectivity index (χ3n) is 3.61. The number of rotatable bonds is 4. The topological polar surface area (TPSA) is 69.4 Å². The van der Waals surface area contributed by atoms with Crippen molar-refractivity contribution in [2.45, 2.75) is 37.9 Å². The van der Waals surface area contributed by atoms with E-state index >= 15 is 0 Å². The first-order chi connectivity index (χ1) is 8.75. The highest BCUT2D eigenvalue weighted by molar-refractivity contribution is 4.97. The van der Waals surface area contributed by atoms with E-state index in [2.05, 4.69) is 22.4 Å². The van der Waals surface area contributed by atoms with E-state index in [1.807, 2.05) is 0 Å². The standard InChI is InChI=1S/C12H19N3O3/c1-12(7-13-8-12)17-6-10-14-11(15-18-10)9-2-4-16-5-3-9/h9,13H,2-8H2,1H3. The average molecular weight is 253 g/mol. The van der Waals surface area contributed by atoms with Gasteiger partial charge in [-0.3, -0.25) is 0 Å². The monoisotopic (exact) mass is 253 g/mol. The van der Waals surface area contributed by atoms with Crippen LogP contribution in [0.2, 0.25) is 0 Å². The van der Waals surface area contributed by atoms with Crippen molar-refractivity contribution >= 4 is 0 Å². The number of nitrogens with one attached hydrogen (secondary N) is 1. The third kappa shape index (κ3) is 2.55. The van der Waals surface area contributed by atoms with E-state index in [1.54, 1.807) is 0 Å². The fourth-order valence-corrected chi connectivity index (χ4v) is 2.26. The summed E-state index contributed by atoms with van der Waals surface area (Å²) in [5, 5.41) is 7.24. The van der Waals surface area contributed by atoms with Gasteiger partial charge in [-0.15, -0.1) is 0 Å². The Morgan fingerprint density at radius 2 is 2.17 bits per heavy atom. The Morgan fingerprint density at radius 3 is 2.83 bits per heavy atom. The zero-order valence-corrected chi connectivity index (χ0v) is 10.6. The molecular formula is C12H19N3O3. The molecule has 2 fully saturated rings. The molecule has 0 radical (unpaired) electrons. The molecule has 0 atom stereocenters. The molecule has 1 N–H and O–H groups in total. The minimum Gasteiger partial charge on any atom is -0.381 e. The Morgan fingerprint density at radius 1 is 1.39 bits per heavy atom. The highest BCUT2D eigenvalue weighted by Crippen LogP contribution is 2.25. The highest BCUT2D eigenvalue weighted by Gasteiger charge is 2.33. The van der Waals surface area contributed by atoms with Crippen molar-refractivity contribution in [2.75, 3.05) is 26.3 Å². The first-order valence-corrected chi connectivity index (χ1v) is 6.50. The summed E-state index contributed by atoms with van der Waals surface area (Å²) in [6, 6.07) is 0. The SMILES string of the molecule is CC1(OCc2nc(C3CCOCC3)no2)CNC1. The van der Waals surface area contributed by atoms with Gasteiger partial charge < -0.3 is 19.3 Å². The summed E-state index contributed by atoms with van der Waals surface area (Å²) in [5.41, 5.74) is -0.0761. The minimum absolute atomic E-state index is 0.0761. The maximum atomic E-state index is 5.77. The van der Waals surface area contributed by atoms with Crippen LogP contribution < -0.4 is 5.32 Å². The number of ether oxygens (including phenoxy) is 2. The Labute approximate surface area is 106 Å². The smallest absolute Gasteiger partial charge is 0.252 e. The van der Waals surface area contributed by atoms with E-state index in [4.69, 9.17) is 14.0 Å². The van der Waals surface area contributed by atoms with Gasteiger partial charge in [-0.1, -0.05) is 5.16 Å². The molecule has 2 saturated heterocycles. The summed E-state index contributed by atoms with van der Waals surface area (Å²) < 4.78 is 16.3. The van der Waals surface area contributed by atoms with Crippen molar-refractivity contribution in [1.82, 2.24) is 15.5 Å². The predicted octanol–water partition coefficient (Wildman–Crippen LogP) is 0.842. The third-order valence-corrected chi connectivity index (χ3v) is 3.61. The lowest BCUT2D eigenvalue weighted by atomic mass is 10.00. The molecule has 0 aliphatic carbocycles. The lowest BCUT2D eigenvalue weighted by molar-refractivity contribution is -0.0841. The summed E-state index contributed by atoms with van der Waals surface area (Å²) in [5.74, 6) is 1.75. The molecule has 2 aliphatic rings. The van der Waals surface area contributed by atoms with Gasteiger partial charge in [-0.25, -0.2) is 0 Å². The minimum atomic E-state index is -0.0761. The Balaban J connectivity index is 1.55. The molecule has 0 bridgehead atoms. The number of hydrogen-bond donors (Lipinski definition) is 1. The number of aromatic nitrogens is 2. The van der Waals surface area contributed by atoms with Crippen molar-refractivity contribution in [3.05, 3.63) is 11.7 Å². The van der Waals surface area contributed by atoms with Gasteiger partial charge >= 0.3 is 0 Å². The van der Waals surface area contributed by atoms with Crippen LogP contribution in [-0.2, 0) is 16.1 Å². The molecule has 0 aromatic carbocycles. The second kappa shape index (κ2) is 4.95. The fourth-order valence-electron chi connectivity index (χ4n) is 2.26. The van der Waals surface area contributed by atoms with Crippen LogP contribution in [-0.4, -0.2) is 42.0 Å². The van der Waals surface area contributed by atoms with Crippen molar-refractivity contribution < 1.29 is 14.0 Å². The van der Waals surface area contributed by atoms with Gasteiger partial charge in [0.05, 0.1) is 5.60 Å². The number of hydrogen-bond acceptors (Lipinski definition) is 6. The molecule has 2 aliphatic heterocycles. The average Bonchev–Trinajstić information content (AvgIpc) is 2.84. The van der Waals surface area contributed by atoms with E-state index in [1.165, 1.54) is 0 Å².